The van der Waals surface area contributed by atoms with Gasteiger partial charge in [-0.05, 0) is 37.1 Å². The maximum absolute atomic E-state index is 12.9. The van der Waals surface area contributed by atoms with Crippen LogP contribution in [0.3, 0.4) is 0 Å². The number of likely N-dealkylation sites (tertiary alicyclic amines) is 1. The van der Waals surface area contributed by atoms with E-state index in [9.17, 15) is 14.0 Å². The van der Waals surface area contributed by atoms with Gasteiger partial charge in [0.15, 0.2) is 11.5 Å². The van der Waals surface area contributed by atoms with E-state index in [0.29, 0.717) is 18.7 Å². The summed E-state index contributed by atoms with van der Waals surface area (Å²) in [5, 5.41) is 9.80. The fraction of sp³-hybridized carbons (Fsp3) is 0.333. The minimum absolute atomic E-state index is 0.0577. The van der Waals surface area contributed by atoms with Crippen LogP contribution in [0.15, 0.2) is 30.5 Å². The molecule has 6 nitrogen and oxygen atoms in total. The summed E-state index contributed by atoms with van der Waals surface area (Å²) < 4.78 is 12.9. The third kappa shape index (κ3) is 2.88. The topological polar surface area (TPSA) is 79.0 Å². The van der Waals surface area contributed by atoms with Crippen molar-refractivity contribution in [1.82, 2.24) is 20.3 Å². The number of H-pyrrole nitrogens is 1. The van der Waals surface area contributed by atoms with Crippen LogP contribution in [-0.2, 0) is 0 Å². The van der Waals surface area contributed by atoms with E-state index >= 15 is 0 Å². The molecule has 0 saturated carbocycles. The molecule has 2 aromatic rings. The zero-order chi connectivity index (χ0) is 15.5. The molecule has 0 aliphatic carbocycles. The molecule has 1 aliphatic rings. The Morgan fingerprint density at radius 2 is 2.05 bits per heavy atom. The van der Waals surface area contributed by atoms with Gasteiger partial charge in [0.05, 0.1) is 6.20 Å². The van der Waals surface area contributed by atoms with Gasteiger partial charge in [-0.1, -0.05) is 0 Å². The number of hydrogen-bond acceptors (Lipinski definition) is 4. The van der Waals surface area contributed by atoms with Crippen LogP contribution in [0.25, 0.3) is 0 Å². The van der Waals surface area contributed by atoms with Gasteiger partial charge in [0.2, 0.25) is 0 Å². The molecule has 22 heavy (non-hydrogen) atoms. The molecule has 1 amide bonds. The number of nitrogens with zero attached hydrogens (tertiary/aromatic N) is 3. The molecule has 1 aromatic carbocycles. The number of carbonyl (C=O) groups excluding carboxylic acids is 2. The first-order valence-corrected chi connectivity index (χ1v) is 7.10. The molecule has 1 atom stereocenters. The number of rotatable bonds is 3. The van der Waals surface area contributed by atoms with Crippen LogP contribution in [-0.4, -0.2) is 45.1 Å². The Labute approximate surface area is 126 Å². The first kappa shape index (κ1) is 14.4. The number of aromatic nitrogens is 3. The Morgan fingerprint density at radius 1 is 1.27 bits per heavy atom. The van der Waals surface area contributed by atoms with Gasteiger partial charge in [0.1, 0.15) is 5.82 Å². The Bertz CT molecular complexity index is 669. The number of carbonyl (C=O) groups is 2. The number of aromatic amines is 1. The standard InChI is InChI=1S/C15H15FN4O2/c16-12-5-3-10(4-6-12)14(21)11-2-1-7-20(9-11)15(22)13-8-17-19-18-13/h3-6,8,11H,1-2,7,9H2,(H,17,18,19)/t11-/m0/s1. The number of Topliss-reactive ketones (excluding diaryl/α,β-unsaturated/α-hetero) is 1. The first-order chi connectivity index (χ1) is 10.6. The van der Waals surface area contributed by atoms with E-state index in [1.165, 1.54) is 30.5 Å². The summed E-state index contributed by atoms with van der Waals surface area (Å²) in [5.74, 6) is -0.930. The highest BCUT2D eigenvalue weighted by molar-refractivity contribution is 5.99. The fourth-order valence-corrected chi connectivity index (χ4v) is 2.69. The third-order valence-electron chi connectivity index (χ3n) is 3.84. The van der Waals surface area contributed by atoms with E-state index in [-0.39, 0.29) is 29.1 Å². The van der Waals surface area contributed by atoms with Gasteiger partial charge in [-0.25, -0.2) is 4.39 Å². The smallest absolute Gasteiger partial charge is 0.276 e. The Kier molecular flexibility index (Phi) is 3.95. The molecule has 1 N–H and O–H groups in total. The first-order valence-electron chi connectivity index (χ1n) is 7.10. The molecule has 3 rings (SSSR count). The van der Waals surface area contributed by atoms with Crippen molar-refractivity contribution >= 4 is 11.7 Å². The van der Waals surface area contributed by atoms with Crippen LogP contribution < -0.4 is 0 Å². The molecule has 1 saturated heterocycles. The van der Waals surface area contributed by atoms with E-state index in [1.54, 1.807) is 4.90 Å². The van der Waals surface area contributed by atoms with E-state index in [1.807, 2.05) is 0 Å². The van der Waals surface area contributed by atoms with Crippen molar-refractivity contribution in [3.63, 3.8) is 0 Å². The summed E-state index contributed by atoms with van der Waals surface area (Å²) >= 11 is 0. The van der Waals surface area contributed by atoms with Crippen molar-refractivity contribution in [2.75, 3.05) is 13.1 Å². The average Bonchev–Trinajstić information content (AvgIpc) is 3.09. The summed E-state index contributed by atoms with van der Waals surface area (Å²) in [7, 11) is 0. The van der Waals surface area contributed by atoms with Crippen LogP contribution in [0.1, 0.15) is 33.7 Å². The molecular formula is C15H15FN4O2. The minimum Gasteiger partial charge on any atom is -0.336 e. The number of ketones is 1. The van der Waals surface area contributed by atoms with Crippen LogP contribution >= 0.6 is 0 Å². The summed E-state index contributed by atoms with van der Waals surface area (Å²) in [4.78, 5) is 26.3. The van der Waals surface area contributed by atoms with Gasteiger partial charge < -0.3 is 4.90 Å². The van der Waals surface area contributed by atoms with Gasteiger partial charge in [0.25, 0.3) is 5.91 Å². The van der Waals surface area contributed by atoms with Gasteiger partial charge in [-0.15, -0.1) is 0 Å². The second-order valence-corrected chi connectivity index (χ2v) is 5.32. The Hall–Kier alpha value is -2.57. The van der Waals surface area contributed by atoms with E-state index < -0.39 is 0 Å². The lowest BCUT2D eigenvalue weighted by Crippen LogP contribution is -2.42. The quantitative estimate of drug-likeness (QED) is 0.875. The summed E-state index contributed by atoms with van der Waals surface area (Å²) in [5.41, 5.74) is 0.719. The number of hydrogen-bond donors (Lipinski definition) is 1. The van der Waals surface area contributed by atoms with Crippen LogP contribution in [0.4, 0.5) is 4.39 Å². The highest BCUT2D eigenvalue weighted by atomic mass is 19.1. The van der Waals surface area contributed by atoms with Crippen molar-refractivity contribution in [3.8, 4) is 0 Å². The zero-order valence-electron chi connectivity index (χ0n) is 11.8. The monoisotopic (exact) mass is 302 g/mol. The largest absolute Gasteiger partial charge is 0.336 e. The van der Waals surface area contributed by atoms with E-state index in [2.05, 4.69) is 15.4 Å². The van der Waals surface area contributed by atoms with Crippen LogP contribution in [0, 0.1) is 11.7 Å². The highest BCUT2D eigenvalue weighted by Crippen LogP contribution is 2.22. The maximum atomic E-state index is 12.9. The van der Waals surface area contributed by atoms with E-state index in [0.717, 1.165) is 12.8 Å². The van der Waals surface area contributed by atoms with Crippen molar-refractivity contribution in [2.24, 2.45) is 5.92 Å². The number of piperidine rings is 1. The maximum Gasteiger partial charge on any atom is 0.276 e. The van der Waals surface area contributed by atoms with Crippen molar-refractivity contribution < 1.29 is 14.0 Å². The molecule has 7 heteroatoms. The molecule has 0 spiro atoms. The third-order valence-corrected chi connectivity index (χ3v) is 3.84. The molecule has 1 fully saturated rings. The summed E-state index contributed by atoms with van der Waals surface area (Å²) in [6, 6.07) is 5.51. The highest BCUT2D eigenvalue weighted by Gasteiger charge is 2.30. The van der Waals surface area contributed by atoms with Gasteiger partial charge in [0, 0.05) is 24.6 Å². The van der Waals surface area contributed by atoms with Crippen LogP contribution in [0.5, 0.6) is 0 Å². The molecular weight excluding hydrogens is 287 g/mol. The minimum atomic E-state index is -0.372. The molecule has 0 radical (unpaired) electrons. The van der Waals surface area contributed by atoms with Crippen molar-refractivity contribution in [1.29, 1.82) is 0 Å². The predicted octanol–water partition coefficient (Wildman–Crippen LogP) is 1.68. The molecule has 2 heterocycles. The van der Waals surface area contributed by atoms with Gasteiger partial charge >= 0.3 is 0 Å². The van der Waals surface area contributed by atoms with Gasteiger partial charge in [-0.3, -0.25) is 9.59 Å². The SMILES string of the molecule is O=C(c1ccc(F)cc1)[C@H]1CCCN(C(=O)c2cn[nH]n2)C1. The normalized spacial score (nSPS) is 18.2. The average molecular weight is 302 g/mol. The molecule has 114 valence electrons. The number of benzene rings is 1. The number of halogens is 1. The second-order valence-electron chi connectivity index (χ2n) is 5.32. The molecule has 0 bridgehead atoms. The fourth-order valence-electron chi connectivity index (χ4n) is 2.69. The van der Waals surface area contributed by atoms with Crippen molar-refractivity contribution in [2.45, 2.75) is 12.8 Å². The number of amides is 1. The lowest BCUT2D eigenvalue weighted by molar-refractivity contribution is 0.0632. The number of nitrogens with one attached hydrogen (secondary N) is 1. The Balaban J connectivity index is 1.71. The second kappa shape index (κ2) is 6.05. The van der Waals surface area contributed by atoms with E-state index in [4.69, 9.17) is 0 Å². The summed E-state index contributed by atoms with van der Waals surface area (Å²) in [6.45, 7) is 0.945. The zero-order valence-corrected chi connectivity index (χ0v) is 11.8. The lowest BCUT2D eigenvalue weighted by Gasteiger charge is -2.31. The lowest BCUT2D eigenvalue weighted by atomic mass is 9.90. The summed E-state index contributed by atoms with van der Waals surface area (Å²) in [6.07, 6.45) is 2.84. The Morgan fingerprint density at radius 3 is 2.73 bits per heavy atom. The molecule has 0 unspecified atom stereocenters. The molecule has 1 aliphatic heterocycles. The van der Waals surface area contributed by atoms with Crippen molar-refractivity contribution in [3.05, 3.63) is 47.5 Å². The predicted molar refractivity (Wildman–Crippen MR) is 75.7 cm³/mol. The van der Waals surface area contributed by atoms with Crippen LogP contribution in [0.2, 0.25) is 0 Å². The van der Waals surface area contributed by atoms with Gasteiger partial charge in [-0.2, -0.15) is 15.4 Å². The molecule has 1 aromatic heterocycles.